The van der Waals surface area contributed by atoms with Gasteiger partial charge in [0.25, 0.3) is 16.0 Å². The molecule has 0 bridgehead atoms. The van der Waals surface area contributed by atoms with Crippen LogP contribution in [0.5, 0.6) is 11.6 Å². The molecule has 0 saturated heterocycles. The van der Waals surface area contributed by atoms with Gasteiger partial charge in [0.05, 0.1) is 19.1 Å². The van der Waals surface area contributed by atoms with Crippen LogP contribution in [0.15, 0.2) is 60.8 Å². The molecule has 1 heterocycles. The van der Waals surface area contributed by atoms with Gasteiger partial charge in [-0.1, -0.05) is 36.4 Å². The van der Waals surface area contributed by atoms with Gasteiger partial charge in [-0.05, 0) is 94.2 Å². The molecule has 1 aliphatic carbocycles. The molecule has 1 aromatic heterocycles. The van der Waals surface area contributed by atoms with Crippen LogP contribution in [0.4, 0.5) is 9.18 Å². The number of aryl methyl sites for hydroxylation is 1. The summed E-state index contributed by atoms with van der Waals surface area (Å²) in [6, 6.07) is 16.0. The minimum Gasteiger partial charge on any atom is -0.444 e. The number of alkyl carbamates (subject to hydrolysis) is 1. The zero-order valence-corrected chi connectivity index (χ0v) is 26.8. The Morgan fingerprint density at radius 3 is 2.27 bits per heavy atom. The number of nitrogens with one attached hydrogen (secondary N) is 2. The molecule has 0 radical (unpaired) electrons. The summed E-state index contributed by atoms with van der Waals surface area (Å²) in [4.78, 5) is 29.4. The van der Waals surface area contributed by atoms with Crippen molar-refractivity contribution in [2.24, 2.45) is 0 Å². The number of aromatic nitrogens is 1. The first-order valence-electron chi connectivity index (χ1n) is 14.9. The Labute approximate surface area is 263 Å². The summed E-state index contributed by atoms with van der Waals surface area (Å²) < 4.78 is 52.5. The fourth-order valence-corrected chi connectivity index (χ4v) is 5.41. The largest absolute Gasteiger partial charge is 0.444 e. The van der Waals surface area contributed by atoms with E-state index in [4.69, 9.17) is 13.7 Å². The summed E-state index contributed by atoms with van der Waals surface area (Å²) in [7, 11) is -3.45. The van der Waals surface area contributed by atoms with Gasteiger partial charge >= 0.3 is 6.09 Å². The summed E-state index contributed by atoms with van der Waals surface area (Å²) >= 11 is 0. The second-order valence-corrected chi connectivity index (χ2v) is 13.8. The molecule has 2 amide bonds. The van der Waals surface area contributed by atoms with E-state index in [0.29, 0.717) is 44.3 Å². The Kier molecular flexibility index (Phi) is 11.2. The maximum atomic E-state index is 14.2. The number of hydrogen-bond acceptors (Lipinski definition) is 8. The van der Waals surface area contributed by atoms with Crippen molar-refractivity contribution in [2.45, 2.75) is 77.0 Å². The SMILES string of the molecule is CC(C)(C)OC(=O)NC1CCC(NC(=O)c2cc(F)cnc2Oc2cccc(-c3ccc(CCCOS(C)(=O)=O)cc3)c2)CC1. The number of pyridine rings is 1. The average molecular weight is 642 g/mol. The van der Waals surface area contributed by atoms with Gasteiger partial charge in [-0.3, -0.25) is 8.98 Å². The lowest BCUT2D eigenvalue weighted by Crippen LogP contribution is -2.45. The van der Waals surface area contributed by atoms with Crippen molar-refractivity contribution >= 4 is 22.1 Å². The predicted molar refractivity (Wildman–Crippen MR) is 168 cm³/mol. The number of hydrogen-bond donors (Lipinski definition) is 2. The minimum absolute atomic E-state index is 0.0152. The summed E-state index contributed by atoms with van der Waals surface area (Å²) in [6.45, 7) is 5.55. The van der Waals surface area contributed by atoms with E-state index < -0.39 is 33.5 Å². The molecule has 45 heavy (non-hydrogen) atoms. The molecule has 0 aliphatic heterocycles. The van der Waals surface area contributed by atoms with E-state index in [-0.39, 0.29) is 30.1 Å². The summed E-state index contributed by atoms with van der Waals surface area (Å²) in [5.74, 6) is -0.738. The monoisotopic (exact) mass is 641 g/mol. The average Bonchev–Trinajstić information content (AvgIpc) is 2.96. The number of halogens is 1. The first-order valence-corrected chi connectivity index (χ1v) is 16.7. The second kappa shape index (κ2) is 14.8. The Morgan fingerprint density at radius 2 is 1.62 bits per heavy atom. The molecule has 10 nitrogen and oxygen atoms in total. The van der Waals surface area contributed by atoms with Crippen molar-refractivity contribution in [3.05, 3.63) is 77.7 Å². The zero-order chi connectivity index (χ0) is 32.6. The van der Waals surface area contributed by atoms with Crippen LogP contribution in [0, 0.1) is 5.82 Å². The minimum atomic E-state index is -3.45. The molecule has 3 aromatic rings. The Balaban J connectivity index is 1.35. The van der Waals surface area contributed by atoms with E-state index in [9.17, 15) is 22.4 Å². The fourth-order valence-electron chi connectivity index (χ4n) is 4.99. The smallest absolute Gasteiger partial charge is 0.407 e. The number of ether oxygens (including phenoxy) is 2. The zero-order valence-electron chi connectivity index (χ0n) is 26.0. The quantitative estimate of drug-likeness (QED) is 0.188. The first-order chi connectivity index (χ1) is 21.2. The molecule has 0 atom stereocenters. The molecule has 12 heteroatoms. The number of carbonyl (C=O) groups is 2. The maximum Gasteiger partial charge on any atom is 0.407 e. The van der Waals surface area contributed by atoms with E-state index in [1.54, 1.807) is 32.9 Å². The Morgan fingerprint density at radius 1 is 0.956 bits per heavy atom. The van der Waals surface area contributed by atoms with Gasteiger partial charge in [0.2, 0.25) is 5.88 Å². The van der Waals surface area contributed by atoms with E-state index in [1.165, 1.54) is 0 Å². The van der Waals surface area contributed by atoms with Crippen LogP contribution in [-0.4, -0.2) is 55.9 Å². The Bertz CT molecular complexity index is 1580. The van der Waals surface area contributed by atoms with E-state index in [1.807, 2.05) is 36.4 Å². The fraction of sp³-hybridized carbons (Fsp3) is 0.424. The van der Waals surface area contributed by atoms with E-state index >= 15 is 0 Å². The van der Waals surface area contributed by atoms with Crippen LogP contribution in [0.25, 0.3) is 11.1 Å². The molecule has 2 aromatic carbocycles. The molecule has 242 valence electrons. The van der Waals surface area contributed by atoms with Crippen molar-refractivity contribution in [3.8, 4) is 22.8 Å². The molecule has 1 saturated carbocycles. The summed E-state index contributed by atoms with van der Waals surface area (Å²) in [5.41, 5.74) is 2.24. The van der Waals surface area contributed by atoms with Crippen molar-refractivity contribution in [3.63, 3.8) is 0 Å². The highest BCUT2D eigenvalue weighted by Gasteiger charge is 2.27. The molecule has 1 fully saturated rings. The summed E-state index contributed by atoms with van der Waals surface area (Å²) in [5, 5.41) is 5.84. The topological polar surface area (TPSA) is 133 Å². The lowest BCUT2D eigenvalue weighted by molar-refractivity contribution is 0.0487. The van der Waals surface area contributed by atoms with Crippen LogP contribution in [0.2, 0.25) is 0 Å². The lowest BCUT2D eigenvalue weighted by atomic mass is 9.91. The van der Waals surface area contributed by atoms with Crippen LogP contribution >= 0.6 is 0 Å². The number of amides is 2. The molecular weight excluding hydrogens is 601 g/mol. The van der Waals surface area contributed by atoms with Gasteiger partial charge in [0.15, 0.2) is 0 Å². The second-order valence-electron chi connectivity index (χ2n) is 12.1. The molecule has 0 unspecified atom stereocenters. The first kappa shape index (κ1) is 33.9. The molecule has 4 rings (SSSR count). The number of carbonyl (C=O) groups excluding carboxylic acids is 2. The lowest BCUT2D eigenvalue weighted by Gasteiger charge is -2.30. The normalized spacial score (nSPS) is 16.9. The van der Waals surface area contributed by atoms with Gasteiger partial charge in [0.1, 0.15) is 22.7 Å². The van der Waals surface area contributed by atoms with Crippen LogP contribution in [0.3, 0.4) is 0 Å². The highest BCUT2D eigenvalue weighted by molar-refractivity contribution is 7.85. The highest BCUT2D eigenvalue weighted by Crippen LogP contribution is 2.29. The van der Waals surface area contributed by atoms with Crippen LogP contribution in [-0.2, 0) is 25.5 Å². The van der Waals surface area contributed by atoms with Crippen LogP contribution in [0.1, 0.15) is 68.8 Å². The number of benzene rings is 2. The van der Waals surface area contributed by atoms with Gasteiger partial charge in [-0.15, -0.1) is 0 Å². The third kappa shape index (κ3) is 11.1. The third-order valence-electron chi connectivity index (χ3n) is 7.09. The predicted octanol–water partition coefficient (Wildman–Crippen LogP) is 6.15. The van der Waals surface area contributed by atoms with Crippen molar-refractivity contribution in [1.29, 1.82) is 0 Å². The Hall–Kier alpha value is -4.03. The van der Waals surface area contributed by atoms with Crippen molar-refractivity contribution in [1.82, 2.24) is 15.6 Å². The third-order valence-corrected chi connectivity index (χ3v) is 7.68. The van der Waals surface area contributed by atoms with Crippen molar-refractivity contribution in [2.75, 3.05) is 12.9 Å². The number of nitrogens with zero attached hydrogens (tertiary/aromatic N) is 1. The van der Waals surface area contributed by atoms with Crippen molar-refractivity contribution < 1.29 is 36.1 Å². The summed E-state index contributed by atoms with van der Waals surface area (Å²) in [6.07, 6.45) is 5.43. The van der Waals surface area contributed by atoms with Gasteiger partial charge in [0, 0.05) is 12.1 Å². The van der Waals surface area contributed by atoms with Gasteiger partial charge in [-0.25, -0.2) is 14.2 Å². The van der Waals surface area contributed by atoms with Gasteiger partial charge < -0.3 is 20.1 Å². The van der Waals surface area contributed by atoms with Gasteiger partial charge in [-0.2, -0.15) is 8.42 Å². The molecule has 0 spiro atoms. The van der Waals surface area contributed by atoms with E-state index in [2.05, 4.69) is 15.6 Å². The maximum absolute atomic E-state index is 14.2. The highest BCUT2D eigenvalue weighted by atomic mass is 32.2. The molecule has 1 aliphatic rings. The molecule has 2 N–H and O–H groups in total. The van der Waals surface area contributed by atoms with Crippen LogP contribution < -0.4 is 15.4 Å². The van der Waals surface area contributed by atoms with E-state index in [0.717, 1.165) is 35.2 Å². The number of rotatable bonds is 11. The molecular formula is C33H40FN3O7S. The standard InChI is InChI=1S/C33H40FN3O7S/c1-33(2,3)44-32(39)37-27-16-14-26(15-17-27)36-30(38)29-20-25(34)21-35-31(29)43-28-9-5-8-24(19-28)23-12-10-22(11-13-23)7-6-18-42-45(4,40)41/h5,8-13,19-21,26-27H,6-7,14-18H2,1-4H3,(H,36,38)(H,37,39).